The smallest absolute Gasteiger partial charge is 0.251 e. The van der Waals surface area contributed by atoms with Gasteiger partial charge in [0.25, 0.3) is 5.91 Å². The van der Waals surface area contributed by atoms with Gasteiger partial charge in [0.15, 0.2) is 0 Å². The van der Waals surface area contributed by atoms with Crippen molar-refractivity contribution in [3.63, 3.8) is 0 Å². The van der Waals surface area contributed by atoms with Crippen LogP contribution in [0.1, 0.15) is 41.3 Å². The molecule has 1 unspecified atom stereocenters. The van der Waals surface area contributed by atoms with E-state index in [-0.39, 0.29) is 30.2 Å². The summed E-state index contributed by atoms with van der Waals surface area (Å²) >= 11 is 0. The van der Waals surface area contributed by atoms with Crippen molar-refractivity contribution in [2.24, 2.45) is 0 Å². The van der Waals surface area contributed by atoms with Crippen LogP contribution < -0.4 is 5.32 Å². The van der Waals surface area contributed by atoms with Crippen molar-refractivity contribution in [1.29, 1.82) is 0 Å². The molecule has 1 atom stereocenters. The molecule has 0 bridgehead atoms. The van der Waals surface area contributed by atoms with E-state index in [4.69, 9.17) is 0 Å². The highest BCUT2D eigenvalue weighted by Gasteiger charge is 2.40. The molecule has 4 rings (SSSR count). The fourth-order valence-corrected chi connectivity index (χ4v) is 5.70. The Balaban J connectivity index is 1.43. The largest absolute Gasteiger partial charge is 0.349 e. The summed E-state index contributed by atoms with van der Waals surface area (Å²) in [4.78, 5) is 27.6. The number of benzene rings is 2. The minimum Gasteiger partial charge on any atom is -0.349 e. The Hall–Kier alpha value is -2.71. The second-order valence-electron chi connectivity index (χ2n) is 8.37. The first-order chi connectivity index (χ1) is 15.4. The van der Waals surface area contributed by atoms with Gasteiger partial charge in [-0.15, -0.1) is 0 Å². The first kappa shape index (κ1) is 22.5. The van der Waals surface area contributed by atoms with Crippen molar-refractivity contribution >= 4 is 21.8 Å². The highest BCUT2D eigenvalue weighted by atomic mass is 32.2. The van der Waals surface area contributed by atoms with Crippen LogP contribution in [0, 0.1) is 0 Å². The highest BCUT2D eigenvalue weighted by Crippen LogP contribution is 2.28. The summed E-state index contributed by atoms with van der Waals surface area (Å²) in [5, 5.41) is 3.05. The molecule has 0 aliphatic carbocycles. The lowest BCUT2D eigenvalue weighted by molar-refractivity contribution is -0.136. The fourth-order valence-electron chi connectivity index (χ4n) is 4.48. The zero-order valence-electron chi connectivity index (χ0n) is 18.2. The van der Waals surface area contributed by atoms with Crippen LogP contribution in [-0.2, 0) is 27.8 Å². The van der Waals surface area contributed by atoms with Crippen LogP contribution in [0.4, 0.5) is 0 Å². The number of nitrogens with one attached hydrogen (secondary N) is 1. The molecule has 0 aromatic heterocycles. The monoisotopic (exact) mass is 455 g/mol. The molecule has 7 nitrogen and oxygen atoms in total. The molecule has 2 aromatic carbocycles. The molecule has 8 heteroatoms. The zero-order valence-corrected chi connectivity index (χ0v) is 19.1. The Morgan fingerprint density at radius 1 is 0.969 bits per heavy atom. The van der Waals surface area contributed by atoms with E-state index in [1.54, 1.807) is 24.0 Å². The molecule has 32 heavy (non-hydrogen) atoms. The Kier molecular flexibility index (Phi) is 6.62. The summed E-state index contributed by atoms with van der Waals surface area (Å²) < 4.78 is 26.9. The zero-order chi connectivity index (χ0) is 22.7. The molecule has 1 fully saturated rings. The third-order valence-corrected chi connectivity index (χ3v) is 8.22. The van der Waals surface area contributed by atoms with Gasteiger partial charge in [0.05, 0.1) is 5.75 Å². The molecule has 0 spiro atoms. The Labute approximate surface area is 189 Å². The summed E-state index contributed by atoms with van der Waals surface area (Å²) in [5.41, 5.74) is 2.60. The second kappa shape index (κ2) is 9.42. The van der Waals surface area contributed by atoms with E-state index < -0.39 is 16.1 Å². The highest BCUT2D eigenvalue weighted by molar-refractivity contribution is 7.89. The first-order valence-corrected chi connectivity index (χ1v) is 12.7. The van der Waals surface area contributed by atoms with E-state index in [9.17, 15) is 18.0 Å². The molecular weight excluding hydrogens is 426 g/mol. The number of likely N-dealkylation sites (tertiary alicyclic amines) is 1. The van der Waals surface area contributed by atoms with Gasteiger partial charge < -0.3 is 10.2 Å². The third-order valence-electron chi connectivity index (χ3n) is 6.39. The standard InChI is InChI=1S/C24H29N3O4S/c1-2-32(30,31)27-17-20-11-7-6-10-19(20)16-22(27)24(29)26-14-12-21(13-15-26)25-23(28)18-8-4-3-5-9-18/h3-11,21-22H,2,12-17H2,1H3,(H,25,28). The number of carbonyl (C=O) groups excluding carboxylic acids is 2. The van der Waals surface area contributed by atoms with E-state index in [2.05, 4.69) is 5.32 Å². The van der Waals surface area contributed by atoms with Crippen molar-refractivity contribution < 1.29 is 18.0 Å². The van der Waals surface area contributed by atoms with Crippen molar-refractivity contribution in [3.05, 3.63) is 71.3 Å². The number of sulfonamides is 1. The lowest BCUT2D eigenvalue weighted by Crippen LogP contribution is -2.56. The molecule has 0 radical (unpaired) electrons. The number of amides is 2. The van der Waals surface area contributed by atoms with E-state index >= 15 is 0 Å². The van der Waals surface area contributed by atoms with Crippen LogP contribution in [0.15, 0.2) is 54.6 Å². The average molecular weight is 456 g/mol. The molecule has 2 heterocycles. The summed E-state index contributed by atoms with van der Waals surface area (Å²) in [7, 11) is -3.53. The lowest BCUT2D eigenvalue weighted by Gasteiger charge is -2.40. The van der Waals surface area contributed by atoms with Crippen molar-refractivity contribution in [1.82, 2.24) is 14.5 Å². The van der Waals surface area contributed by atoms with Crippen LogP contribution in [0.3, 0.4) is 0 Å². The first-order valence-electron chi connectivity index (χ1n) is 11.1. The molecule has 2 amide bonds. The maximum absolute atomic E-state index is 13.4. The van der Waals surface area contributed by atoms with Gasteiger partial charge in [-0.3, -0.25) is 9.59 Å². The van der Waals surface area contributed by atoms with E-state index in [1.165, 1.54) is 4.31 Å². The number of nitrogens with zero attached hydrogens (tertiary/aromatic N) is 2. The van der Waals surface area contributed by atoms with Gasteiger partial charge in [0.2, 0.25) is 15.9 Å². The third kappa shape index (κ3) is 4.71. The number of carbonyl (C=O) groups is 2. The molecule has 2 aliphatic rings. The molecule has 1 saturated heterocycles. The number of fused-ring (bicyclic) bond motifs is 1. The summed E-state index contributed by atoms with van der Waals surface area (Å²) in [5.74, 6) is -0.296. The molecule has 2 aliphatic heterocycles. The van der Waals surface area contributed by atoms with Crippen LogP contribution in [0.5, 0.6) is 0 Å². The second-order valence-corrected chi connectivity index (χ2v) is 10.6. The van der Waals surface area contributed by atoms with Gasteiger partial charge in [0.1, 0.15) is 6.04 Å². The topological polar surface area (TPSA) is 86.8 Å². The quantitative estimate of drug-likeness (QED) is 0.749. The normalized spacial score (nSPS) is 19.9. The van der Waals surface area contributed by atoms with Crippen LogP contribution in [0.2, 0.25) is 0 Å². The Bertz CT molecular complexity index is 1080. The average Bonchev–Trinajstić information content (AvgIpc) is 2.83. The predicted molar refractivity (Wildman–Crippen MR) is 122 cm³/mol. The minimum atomic E-state index is -3.53. The van der Waals surface area contributed by atoms with E-state index in [1.807, 2.05) is 42.5 Å². The number of hydrogen-bond acceptors (Lipinski definition) is 4. The van der Waals surface area contributed by atoms with Gasteiger partial charge in [-0.1, -0.05) is 42.5 Å². The van der Waals surface area contributed by atoms with Gasteiger partial charge in [-0.25, -0.2) is 8.42 Å². The van der Waals surface area contributed by atoms with Crippen LogP contribution in [-0.4, -0.2) is 60.4 Å². The number of hydrogen-bond donors (Lipinski definition) is 1. The molecule has 170 valence electrons. The van der Waals surface area contributed by atoms with Crippen molar-refractivity contribution in [2.75, 3.05) is 18.8 Å². The Morgan fingerprint density at radius 2 is 1.59 bits per heavy atom. The summed E-state index contributed by atoms with van der Waals surface area (Å²) in [6.45, 7) is 2.83. The predicted octanol–water partition coefficient (Wildman–Crippen LogP) is 2.18. The molecule has 1 N–H and O–H groups in total. The van der Waals surface area contributed by atoms with Gasteiger partial charge in [0, 0.05) is 31.2 Å². The van der Waals surface area contributed by atoms with E-state index in [0.29, 0.717) is 37.9 Å². The van der Waals surface area contributed by atoms with Crippen molar-refractivity contribution in [2.45, 2.75) is 44.8 Å². The molecule has 2 aromatic rings. The summed E-state index contributed by atoms with van der Waals surface area (Å²) in [6, 6.07) is 16.1. The molecular formula is C24H29N3O4S. The maximum atomic E-state index is 13.4. The number of rotatable bonds is 5. The van der Waals surface area contributed by atoms with Gasteiger partial charge in [-0.05, 0) is 49.4 Å². The maximum Gasteiger partial charge on any atom is 0.251 e. The Morgan fingerprint density at radius 3 is 2.25 bits per heavy atom. The lowest BCUT2D eigenvalue weighted by atomic mass is 9.94. The molecule has 0 saturated carbocycles. The van der Waals surface area contributed by atoms with Gasteiger partial charge in [-0.2, -0.15) is 4.31 Å². The fraction of sp³-hybridized carbons (Fsp3) is 0.417. The SMILES string of the molecule is CCS(=O)(=O)N1Cc2ccccc2CC1C(=O)N1CCC(NC(=O)c2ccccc2)CC1. The van der Waals surface area contributed by atoms with E-state index in [0.717, 1.165) is 11.1 Å². The minimum absolute atomic E-state index is 0.00526. The van der Waals surface area contributed by atoms with Crippen LogP contribution in [0.25, 0.3) is 0 Å². The van der Waals surface area contributed by atoms with Crippen LogP contribution >= 0.6 is 0 Å². The van der Waals surface area contributed by atoms with Gasteiger partial charge >= 0.3 is 0 Å². The van der Waals surface area contributed by atoms with Crippen molar-refractivity contribution in [3.8, 4) is 0 Å². The number of piperidine rings is 1. The summed E-state index contributed by atoms with van der Waals surface area (Å²) in [6.07, 6.45) is 1.68.